The van der Waals surface area contributed by atoms with Crippen LogP contribution in [-0.2, 0) is 24.8 Å². The Morgan fingerprint density at radius 2 is 1.68 bits per heavy atom. The Bertz CT molecular complexity index is 787. The van der Waals surface area contributed by atoms with Crippen LogP contribution in [0.5, 0.6) is 0 Å². The van der Waals surface area contributed by atoms with Crippen molar-refractivity contribution >= 4 is 31.6 Å². The molecule has 0 heterocycles. The molecule has 2 N–H and O–H groups in total. The summed E-state index contributed by atoms with van der Waals surface area (Å²) < 4.78 is 51.6. The Morgan fingerprint density at radius 3 is 2.12 bits per heavy atom. The standard InChI is InChI=1S/C15H25N3O5S2/c1-12(2)11-18(24(4,20)21)10-9-16-25(22,23)15-7-5-14(6-8-15)17-13(3)19/h5-8,12,16H,9-11H2,1-4H3,(H,17,19). The summed E-state index contributed by atoms with van der Waals surface area (Å²) in [5.74, 6) is -0.118. The largest absolute Gasteiger partial charge is 0.326 e. The highest BCUT2D eigenvalue weighted by atomic mass is 32.2. The molecule has 0 fully saturated rings. The monoisotopic (exact) mass is 391 g/mol. The van der Waals surface area contributed by atoms with Crippen LogP contribution in [0.4, 0.5) is 5.69 Å². The Morgan fingerprint density at radius 1 is 1.12 bits per heavy atom. The van der Waals surface area contributed by atoms with Crippen molar-refractivity contribution in [1.29, 1.82) is 0 Å². The smallest absolute Gasteiger partial charge is 0.240 e. The second kappa shape index (κ2) is 8.75. The maximum atomic E-state index is 12.3. The summed E-state index contributed by atoms with van der Waals surface area (Å²) in [5.41, 5.74) is 0.492. The normalized spacial score (nSPS) is 12.6. The molecule has 25 heavy (non-hydrogen) atoms. The van der Waals surface area contributed by atoms with E-state index in [-0.39, 0.29) is 29.8 Å². The van der Waals surface area contributed by atoms with E-state index < -0.39 is 20.0 Å². The fourth-order valence-corrected chi connectivity index (χ4v) is 4.12. The molecule has 0 saturated heterocycles. The van der Waals surface area contributed by atoms with E-state index in [1.807, 2.05) is 13.8 Å². The minimum Gasteiger partial charge on any atom is -0.326 e. The third-order valence-corrected chi connectivity index (χ3v) is 5.92. The average molecular weight is 392 g/mol. The van der Waals surface area contributed by atoms with Crippen LogP contribution in [0.1, 0.15) is 20.8 Å². The zero-order valence-electron chi connectivity index (χ0n) is 14.8. The van der Waals surface area contributed by atoms with Gasteiger partial charge in [0.25, 0.3) is 0 Å². The Balaban J connectivity index is 2.73. The van der Waals surface area contributed by atoms with Crippen LogP contribution >= 0.6 is 0 Å². The van der Waals surface area contributed by atoms with Crippen LogP contribution in [0.2, 0.25) is 0 Å². The maximum absolute atomic E-state index is 12.3. The number of benzene rings is 1. The molecule has 0 unspecified atom stereocenters. The zero-order chi connectivity index (χ0) is 19.3. The highest BCUT2D eigenvalue weighted by Crippen LogP contribution is 2.14. The molecule has 0 radical (unpaired) electrons. The summed E-state index contributed by atoms with van der Waals surface area (Å²) in [6.07, 6.45) is 1.10. The lowest BCUT2D eigenvalue weighted by Crippen LogP contribution is -2.39. The third-order valence-electron chi connectivity index (χ3n) is 3.18. The molecular formula is C15H25N3O5S2. The summed E-state index contributed by atoms with van der Waals surface area (Å²) in [4.78, 5) is 11.0. The highest BCUT2D eigenvalue weighted by molar-refractivity contribution is 7.89. The van der Waals surface area contributed by atoms with Gasteiger partial charge in [0.2, 0.25) is 26.0 Å². The summed E-state index contributed by atoms with van der Waals surface area (Å²) in [7, 11) is -7.16. The van der Waals surface area contributed by atoms with Crippen molar-refractivity contribution in [2.24, 2.45) is 5.92 Å². The average Bonchev–Trinajstić information content (AvgIpc) is 2.44. The van der Waals surface area contributed by atoms with Crippen LogP contribution in [0.25, 0.3) is 0 Å². The SMILES string of the molecule is CC(=O)Nc1ccc(S(=O)(=O)NCCN(CC(C)C)S(C)(=O)=O)cc1. The molecule has 8 nitrogen and oxygen atoms in total. The lowest BCUT2D eigenvalue weighted by molar-refractivity contribution is -0.114. The van der Waals surface area contributed by atoms with Gasteiger partial charge in [-0.05, 0) is 30.2 Å². The van der Waals surface area contributed by atoms with E-state index in [9.17, 15) is 21.6 Å². The quantitative estimate of drug-likeness (QED) is 0.648. The molecule has 0 aliphatic heterocycles. The van der Waals surface area contributed by atoms with Gasteiger partial charge in [-0.3, -0.25) is 4.79 Å². The summed E-state index contributed by atoms with van der Waals surface area (Å²) >= 11 is 0. The second-order valence-corrected chi connectivity index (χ2v) is 9.87. The molecule has 0 aliphatic carbocycles. The number of nitrogens with zero attached hydrogens (tertiary/aromatic N) is 1. The molecule has 10 heteroatoms. The van der Waals surface area contributed by atoms with Gasteiger partial charge in [-0.15, -0.1) is 0 Å². The van der Waals surface area contributed by atoms with Crippen molar-refractivity contribution in [2.45, 2.75) is 25.7 Å². The van der Waals surface area contributed by atoms with Crippen LogP contribution in [0, 0.1) is 5.92 Å². The molecule has 0 bridgehead atoms. The van der Waals surface area contributed by atoms with Gasteiger partial charge >= 0.3 is 0 Å². The third kappa shape index (κ3) is 7.51. The van der Waals surface area contributed by atoms with E-state index in [0.717, 1.165) is 6.26 Å². The molecule has 1 rings (SSSR count). The maximum Gasteiger partial charge on any atom is 0.240 e. The van der Waals surface area contributed by atoms with Gasteiger partial charge in [-0.1, -0.05) is 13.8 Å². The van der Waals surface area contributed by atoms with Gasteiger partial charge in [0.15, 0.2) is 0 Å². The fourth-order valence-electron chi connectivity index (χ4n) is 2.11. The first-order chi connectivity index (χ1) is 11.4. The Kier molecular flexibility index (Phi) is 7.54. The topological polar surface area (TPSA) is 113 Å². The van der Waals surface area contributed by atoms with Crippen molar-refractivity contribution in [3.63, 3.8) is 0 Å². The molecule has 1 aromatic carbocycles. The lowest BCUT2D eigenvalue weighted by Gasteiger charge is -2.22. The van der Waals surface area contributed by atoms with Crippen molar-refractivity contribution in [3.05, 3.63) is 24.3 Å². The molecule has 0 saturated carbocycles. The molecule has 0 atom stereocenters. The predicted molar refractivity (Wildman–Crippen MR) is 97.2 cm³/mol. The zero-order valence-corrected chi connectivity index (χ0v) is 16.4. The van der Waals surface area contributed by atoms with E-state index in [4.69, 9.17) is 0 Å². The van der Waals surface area contributed by atoms with Crippen molar-refractivity contribution in [3.8, 4) is 0 Å². The first kappa shape index (κ1) is 21.6. The first-order valence-electron chi connectivity index (χ1n) is 7.74. The number of anilines is 1. The Labute approximate surface area is 149 Å². The summed E-state index contributed by atoms with van der Waals surface area (Å²) in [6, 6.07) is 5.71. The van der Waals surface area contributed by atoms with Gasteiger partial charge in [0.1, 0.15) is 0 Å². The number of hydrogen-bond acceptors (Lipinski definition) is 5. The van der Waals surface area contributed by atoms with Crippen molar-refractivity contribution in [1.82, 2.24) is 9.03 Å². The van der Waals surface area contributed by atoms with Gasteiger partial charge < -0.3 is 5.32 Å². The molecular weight excluding hydrogens is 366 g/mol. The molecule has 0 aromatic heterocycles. The van der Waals surface area contributed by atoms with E-state index in [2.05, 4.69) is 10.0 Å². The molecule has 1 aromatic rings. The molecule has 1 amide bonds. The lowest BCUT2D eigenvalue weighted by atomic mass is 10.2. The highest BCUT2D eigenvalue weighted by Gasteiger charge is 2.19. The number of amides is 1. The number of hydrogen-bond donors (Lipinski definition) is 2. The number of nitrogens with one attached hydrogen (secondary N) is 2. The summed E-state index contributed by atoms with van der Waals surface area (Å²) in [6.45, 7) is 5.48. The van der Waals surface area contributed by atoms with E-state index in [0.29, 0.717) is 12.2 Å². The predicted octanol–water partition coefficient (Wildman–Crippen LogP) is 0.841. The minimum atomic E-state index is -3.76. The molecule has 142 valence electrons. The van der Waals surface area contributed by atoms with Gasteiger partial charge in [-0.25, -0.2) is 25.9 Å². The summed E-state index contributed by atoms with van der Waals surface area (Å²) in [5, 5.41) is 2.55. The van der Waals surface area contributed by atoms with Crippen LogP contribution < -0.4 is 10.0 Å². The van der Waals surface area contributed by atoms with E-state index >= 15 is 0 Å². The number of carbonyl (C=O) groups excluding carboxylic acids is 1. The van der Waals surface area contributed by atoms with Crippen LogP contribution in [-0.4, -0.2) is 52.9 Å². The van der Waals surface area contributed by atoms with Crippen LogP contribution in [0.3, 0.4) is 0 Å². The van der Waals surface area contributed by atoms with Crippen molar-refractivity contribution in [2.75, 3.05) is 31.2 Å². The van der Waals surface area contributed by atoms with Crippen LogP contribution in [0.15, 0.2) is 29.2 Å². The fraction of sp³-hybridized carbons (Fsp3) is 0.533. The van der Waals surface area contributed by atoms with Gasteiger partial charge in [0.05, 0.1) is 11.2 Å². The first-order valence-corrected chi connectivity index (χ1v) is 11.1. The minimum absolute atomic E-state index is 0.0322. The van der Waals surface area contributed by atoms with E-state index in [1.165, 1.54) is 35.5 Å². The molecule has 0 aliphatic rings. The number of rotatable bonds is 9. The number of carbonyl (C=O) groups is 1. The number of sulfonamides is 2. The molecule has 0 spiro atoms. The van der Waals surface area contributed by atoms with Crippen molar-refractivity contribution < 1.29 is 21.6 Å². The second-order valence-electron chi connectivity index (χ2n) is 6.12. The van der Waals surface area contributed by atoms with Gasteiger partial charge in [0, 0.05) is 32.2 Å². The van der Waals surface area contributed by atoms with Gasteiger partial charge in [-0.2, -0.15) is 0 Å². The Hall–Kier alpha value is -1.49. The van der Waals surface area contributed by atoms with E-state index in [1.54, 1.807) is 0 Å².